The molecule has 0 radical (unpaired) electrons. The summed E-state index contributed by atoms with van der Waals surface area (Å²) in [6.45, 7) is 0. The molecular weight excluding hydrogens is 287 g/mol. The largest absolute Gasteiger partial charge is 0.416 e. The molecule has 0 heterocycles. The molecule has 0 N–H and O–H groups in total. The van der Waals surface area contributed by atoms with E-state index in [4.69, 9.17) is 0 Å². The normalized spacial score (nSPS) is 11.8. The van der Waals surface area contributed by atoms with E-state index in [-0.39, 0.29) is 3.57 Å². The highest BCUT2D eigenvalue weighted by Gasteiger charge is 2.30. The van der Waals surface area contributed by atoms with Crippen molar-refractivity contribution < 1.29 is 17.6 Å². The molecule has 0 nitrogen and oxygen atoms in total. The van der Waals surface area contributed by atoms with E-state index < -0.39 is 17.6 Å². The third-order valence-corrected chi connectivity index (χ3v) is 2.07. The molecule has 1 aromatic rings. The summed E-state index contributed by atoms with van der Waals surface area (Å²) in [5, 5.41) is 0. The Hall–Kier alpha value is -0.330. The molecule has 0 aromatic heterocycles. The second kappa shape index (κ2) is 3.20. The lowest BCUT2D eigenvalue weighted by Crippen LogP contribution is -2.05. The Bertz CT molecular complexity index is 292. The van der Waals surface area contributed by atoms with Crippen molar-refractivity contribution in [2.45, 2.75) is 6.18 Å². The molecule has 5 heteroatoms. The molecule has 1 rings (SSSR count). The minimum atomic E-state index is -4.40. The summed E-state index contributed by atoms with van der Waals surface area (Å²) in [5.74, 6) is -0.636. The van der Waals surface area contributed by atoms with Crippen LogP contribution in [0.2, 0.25) is 0 Å². The molecule has 0 amide bonds. The van der Waals surface area contributed by atoms with Crippen molar-refractivity contribution in [2.24, 2.45) is 0 Å². The van der Waals surface area contributed by atoms with E-state index in [1.54, 1.807) is 0 Å². The molecule has 0 fully saturated rings. The third-order valence-electron chi connectivity index (χ3n) is 1.25. The van der Waals surface area contributed by atoms with Crippen LogP contribution in [0.1, 0.15) is 5.56 Å². The summed E-state index contributed by atoms with van der Waals surface area (Å²) >= 11 is 1.51. The second-order valence-corrected chi connectivity index (χ2v) is 3.29. The van der Waals surface area contributed by atoms with Crippen molar-refractivity contribution in [3.05, 3.63) is 33.1 Å². The lowest BCUT2D eigenvalue weighted by molar-refractivity contribution is -0.137. The Morgan fingerprint density at radius 1 is 1.17 bits per heavy atom. The first kappa shape index (κ1) is 9.76. The molecular formula is C7H3F4I. The van der Waals surface area contributed by atoms with Gasteiger partial charge in [0, 0.05) is 3.57 Å². The monoisotopic (exact) mass is 290 g/mol. The van der Waals surface area contributed by atoms with E-state index >= 15 is 0 Å². The summed E-state index contributed by atoms with van der Waals surface area (Å²) in [5.41, 5.74) is -0.826. The zero-order chi connectivity index (χ0) is 9.35. The van der Waals surface area contributed by atoms with Crippen molar-refractivity contribution in [1.82, 2.24) is 0 Å². The topological polar surface area (TPSA) is 0 Å². The van der Waals surface area contributed by atoms with Gasteiger partial charge in [0.1, 0.15) is 5.82 Å². The van der Waals surface area contributed by atoms with Gasteiger partial charge in [-0.2, -0.15) is 13.2 Å². The molecule has 0 saturated heterocycles. The van der Waals surface area contributed by atoms with E-state index in [0.29, 0.717) is 0 Å². The van der Waals surface area contributed by atoms with Crippen LogP contribution in [0.25, 0.3) is 0 Å². The van der Waals surface area contributed by atoms with Gasteiger partial charge in [0.15, 0.2) is 0 Å². The summed E-state index contributed by atoms with van der Waals surface area (Å²) in [7, 11) is 0. The van der Waals surface area contributed by atoms with Crippen molar-refractivity contribution in [2.75, 3.05) is 0 Å². The number of hydrogen-bond donors (Lipinski definition) is 0. The summed E-state index contributed by atoms with van der Waals surface area (Å²) < 4.78 is 48.4. The fourth-order valence-corrected chi connectivity index (χ4v) is 1.19. The Labute approximate surface area is 79.7 Å². The van der Waals surface area contributed by atoms with Crippen LogP contribution in [-0.4, -0.2) is 0 Å². The van der Waals surface area contributed by atoms with Gasteiger partial charge in [0.05, 0.1) is 5.56 Å². The van der Waals surface area contributed by atoms with E-state index in [1.807, 2.05) is 0 Å². The summed E-state index contributed by atoms with van der Waals surface area (Å²) in [6.07, 6.45) is -4.40. The van der Waals surface area contributed by atoms with E-state index in [1.165, 1.54) is 22.6 Å². The minimum Gasteiger partial charge on any atom is -0.206 e. The van der Waals surface area contributed by atoms with E-state index in [0.717, 1.165) is 18.2 Å². The highest BCUT2D eigenvalue weighted by atomic mass is 127. The summed E-state index contributed by atoms with van der Waals surface area (Å²) in [4.78, 5) is 0. The van der Waals surface area contributed by atoms with Crippen LogP contribution in [0, 0.1) is 9.39 Å². The van der Waals surface area contributed by atoms with Crippen LogP contribution >= 0.6 is 22.6 Å². The van der Waals surface area contributed by atoms with Crippen LogP contribution in [0.15, 0.2) is 18.2 Å². The van der Waals surface area contributed by atoms with Crippen LogP contribution in [0.5, 0.6) is 0 Å². The number of benzene rings is 1. The molecule has 0 bridgehead atoms. The molecule has 12 heavy (non-hydrogen) atoms. The van der Waals surface area contributed by atoms with Gasteiger partial charge in [-0.05, 0) is 40.8 Å². The number of rotatable bonds is 0. The van der Waals surface area contributed by atoms with Crippen LogP contribution < -0.4 is 0 Å². The van der Waals surface area contributed by atoms with Crippen molar-refractivity contribution in [3.63, 3.8) is 0 Å². The van der Waals surface area contributed by atoms with Crippen molar-refractivity contribution in [3.8, 4) is 0 Å². The fraction of sp³-hybridized carbons (Fsp3) is 0.143. The molecule has 1 aromatic carbocycles. The summed E-state index contributed by atoms with van der Waals surface area (Å²) in [6, 6.07) is 2.30. The predicted octanol–water partition coefficient (Wildman–Crippen LogP) is 3.45. The van der Waals surface area contributed by atoms with Gasteiger partial charge in [0.2, 0.25) is 0 Å². The highest BCUT2D eigenvalue weighted by molar-refractivity contribution is 14.1. The minimum absolute atomic E-state index is 0.0255. The quantitative estimate of drug-likeness (QED) is 0.507. The molecule has 0 aliphatic rings. The average Bonchev–Trinajstić information content (AvgIpc) is 1.92. The van der Waals surface area contributed by atoms with Gasteiger partial charge in [0.25, 0.3) is 0 Å². The number of hydrogen-bond acceptors (Lipinski definition) is 0. The second-order valence-electron chi connectivity index (χ2n) is 2.13. The number of alkyl halides is 3. The lowest BCUT2D eigenvalue weighted by atomic mass is 10.2. The predicted molar refractivity (Wildman–Crippen MR) is 44.1 cm³/mol. The molecule has 0 saturated carbocycles. The first-order valence-corrected chi connectivity index (χ1v) is 4.01. The van der Waals surface area contributed by atoms with E-state index in [2.05, 4.69) is 0 Å². The average molecular weight is 290 g/mol. The van der Waals surface area contributed by atoms with Gasteiger partial charge < -0.3 is 0 Å². The maximum Gasteiger partial charge on any atom is 0.416 e. The van der Waals surface area contributed by atoms with Gasteiger partial charge >= 0.3 is 6.18 Å². The first-order valence-electron chi connectivity index (χ1n) is 2.93. The Kier molecular flexibility index (Phi) is 2.60. The Balaban J connectivity index is 3.14. The first-order chi connectivity index (χ1) is 5.41. The SMILES string of the molecule is Fc1ccc(C(F)(F)F)cc1I. The Morgan fingerprint density at radius 2 is 1.75 bits per heavy atom. The van der Waals surface area contributed by atoms with Crippen LogP contribution in [0.4, 0.5) is 17.6 Å². The lowest BCUT2D eigenvalue weighted by Gasteiger charge is -2.06. The fourth-order valence-electron chi connectivity index (χ4n) is 0.672. The molecule has 0 unspecified atom stereocenters. The molecule has 0 aliphatic heterocycles. The zero-order valence-electron chi connectivity index (χ0n) is 5.62. The van der Waals surface area contributed by atoms with Gasteiger partial charge in [-0.1, -0.05) is 0 Å². The molecule has 0 atom stereocenters. The van der Waals surface area contributed by atoms with Gasteiger partial charge in [-0.15, -0.1) is 0 Å². The smallest absolute Gasteiger partial charge is 0.206 e. The van der Waals surface area contributed by atoms with Crippen LogP contribution in [-0.2, 0) is 6.18 Å². The zero-order valence-corrected chi connectivity index (χ0v) is 7.78. The molecule has 0 aliphatic carbocycles. The number of halogens is 5. The Morgan fingerprint density at radius 3 is 2.17 bits per heavy atom. The maximum atomic E-state index is 12.5. The third kappa shape index (κ3) is 2.09. The van der Waals surface area contributed by atoms with Crippen molar-refractivity contribution in [1.29, 1.82) is 0 Å². The standard InChI is InChI=1S/C7H3F4I/c8-5-2-1-4(3-6(5)12)7(9,10)11/h1-3H. The van der Waals surface area contributed by atoms with Crippen LogP contribution in [0.3, 0.4) is 0 Å². The van der Waals surface area contributed by atoms with Crippen molar-refractivity contribution >= 4 is 22.6 Å². The van der Waals surface area contributed by atoms with Gasteiger partial charge in [-0.25, -0.2) is 4.39 Å². The highest BCUT2D eigenvalue weighted by Crippen LogP contribution is 2.30. The molecule has 0 spiro atoms. The maximum absolute atomic E-state index is 12.5. The van der Waals surface area contributed by atoms with E-state index in [9.17, 15) is 17.6 Å². The molecule has 66 valence electrons. The van der Waals surface area contributed by atoms with Gasteiger partial charge in [-0.3, -0.25) is 0 Å².